The van der Waals surface area contributed by atoms with Gasteiger partial charge in [0.15, 0.2) is 6.29 Å². The van der Waals surface area contributed by atoms with Gasteiger partial charge in [0.1, 0.15) is 0 Å². The van der Waals surface area contributed by atoms with Gasteiger partial charge >= 0.3 is 5.97 Å². The highest BCUT2D eigenvalue weighted by Crippen LogP contribution is 2.40. The maximum atomic E-state index is 11.4. The Hall–Kier alpha value is -0.650. The maximum absolute atomic E-state index is 11.4. The lowest BCUT2D eigenvalue weighted by Gasteiger charge is -2.37. The third-order valence-electron chi connectivity index (χ3n) is 3.87. The Morgan fingerprint density at radius 1 is 1.37 bits per heavy atom. The Kier molecular flexibility index (Phi) is 6.23. The van der Waals surface area contributed by atoms with Crippen molar-refractivity contribution >= 4 is 5.97 Å². The van der Waals surface area contributed by atoms with Crippen LogP contribution in [0.5, 0.6) is 0 Å². The predicted octanol–water partition coefficient (Wildman–Crippen LogP) is 1.88. The molecule has 0 bridgehead atoms. The van der Waals surface area contributed by atoms with Gasteiger partial charge in [0.25, 0.3) is 0 Å². The molecule has 0 amide bonds. The van der Waals surface area contributed by atoms with E-state index in [9.17, 15) is 15.0 Å². The normalized spacial score (nSPS) is 29.4. The molecule has 0 saturated heterocycles. The number of carboxylic acids is 1. The minimum atomic E-state index is -0.801. The Balaban J connectivity index is 2.48. The molecule has 1 fully saturated rings. The molecular formula is C14H26O5. The van der Waals surface area contributed by atoms with Crippen LogP contribution in [0, 0.1) is 17.3 Å². The largest absolute Gasteiger partial charge is 0.481 e. The lowest BCUT2D eigenvalue weighted by atomic mass is 9.70. The summed E-state index contributed by atoms with van der Waals surface area (Å²) in [5, 5.41) is 19.3. The molecule has 1 rings (SSSR count). The second-order valence-electron chi connectivity index (χ2n) is 5.97. The standard InChI is InChI=1S/C14H26O5/c1-10(2)8-19-12(15)11-4-6-14(7-5-11,9-18-3)13(16)17/h10-12,15H,4-9H2,1-3H3,(H,16,17). The quantitative estimate of drug-likeness (QED) is 0.693. The van der Waals surface area contributed by atoms with Crippen LogP contribution < -0.4 is 0 Å². The molecule has 0 aromatic heterocycles. The van der Waals surface area contributed by atoms with Crippen LogP contribution in [0.15, 0.2) is 0 Å². The van der Waals surface area contributed by atoms with Crippen LogP contribution in [0.25, 0.3) is 0 Å². The van der Waals surface area contributed by atoms with E-state index in [0.717, 1.165) is 0 Å². The van der Waals surface area contributed by atoms with Gasteiger partial charge in [-0.05, 0) is 31.6 Å². The zero-order chi connectivity index (χ0) is 14.5. The van der Waals surface area contributed by atoms with Gasteiger partial charge in [0.2, 0.25) is 0 Å². The molecule has 0 radical (unpaired) electrons. The highest BCUT2D eigenvalue weighted by Gasteiger charge is 2.43. The van der Waals surface area contributed by atoms with Gasteiger partial charge in [-0.25, -0.2) is 0 Å². The van der Waals surface area contributed by atoms with Crippen molar-refractivity contribution < 1.29 is 24.5 Å². The average molecular weight is 274 g/mol. The number of carboxylic acid groups (broad SMARTS) is 1. The molecular weight excluding hydrogens is 248 g/mol. The van der Waals surface area contributed by atoms with Gasteiger partial charge in [-0.1, -0.05) is 13.8 Å². The van der Waals surface area contributed by atoms with Crippen LogP contribution in [-0.2, 0) is 14.3 Å². The summed E-state index contributed by atoms with van der Waals surface area (Å²) >= 11 is 0. The number of aliphatic hydroxyl groups excluding tert-OH is 1. The van der Waals surface area contributed by atoms with E-state index in [0.29, 0.717) is 38.2 Å². The molecule has 1 aliphatic carbocycles. The van der Waals surface area contributed by atoms with Crippen molar-refractivity contribution in [1.29, 1.82) is 0 Å². The summed E-state index contributed by atoms with van der Waals surface area (Å²) in [7, 11) is 1.53. The highest BCUT2D eigenvalue weighted by molar-refractivity contribution is 5.74. The summed E-state index contributed by atoms with van der Waals surface area (Å²) in [6, 6.07) is 0. The molecule has 112 valence electrons. The molecule has 1 unspecified atom stereocenters. The molecule has 1 atom stereocenters. The van der Waals surface area contributed by atoms with Gasteiger partial charge in [-0.3, -0.25) is 4.79 Å². The van der Waals surface area contributed by atoms with Gasteiger partial charge in [-0.2, -0.15) is 0 Å². The summed E-state index contributed by atoms with van der Waals surface area (Å²) in [6.45, 7) is 4.82. The first-order valence-corrected chi connectivity index (χ1v) is 6.93. The topological polar surface area (TPSA) is 76.0 Å². The average Bonchev–Trinajstić information content (AvgIpc) is 2.37. The van der Waals surface area contributed by atoms with Crippen LogP contribution in [-0.4, -0.2) is 42.8 Å². The molecule has 0 aromatic rings. The van der Waals surface area contributed by atoms with Crippen molar-refractivity contribution in [2.24, 2.45) is 17.3 Å². The van der Waals surface area contributed by atoms with E-state index >= 15 is 0 Å². The zero-order valence-corrected chi connectivity index (χ0v) is 12.1. The Morgan fingerprint density at radius 3 is 2.37 bits per heavy atom. The minimum absolute atomic E-state index is 0.0306. The van der Waals surface area contributed by atoms with E-state index in [1.54, 1.807) is 0 Å². The fraction of sp³-hybridized carbons (Fsp3) is 0.929. The van der Waals surface area contributed by atoms with Crippen molar-refractivity contribution in [2.45, 2.75) is 45.8 Å². The number of aliphatic hydroxyl groups is 1. The molecule has 0 spiro atoms. The van der Waals surface area contributed by atoms with Crippen LogP contribution in [0.4, 0.5) is 0 Å². The first kappa shape index (κ1) is 16.4. The second-order valence-corrected chi connectivity index (χ2v) is 5.97. The maximum Gasteiger partial charge on any atom is 0.311 e. The minimum Gasteiger partial charge on any atom is -0.481 e. The first-order chi connectivity index (χ1) is 8.91. The Morgan fingerprint density at radius 2 is 1.95 bits per heavy atom. The summed E-state index contributed by atoms with van der Waals surface area (Å²) in [4.78, 5) is 11.4. The van der Waals surface area contributed by atoms with Gasteiger partial charge < -0.3 is 19.7 Å². The number of methoxy groups -OCH3 is 1. The predicted molar refractivity (Wildman–Crippen MR) is 70.7 cm³/mol. The van der Waals surface area contributed by atoms with Crippen molar-refractivity contribution in [3.63, 3.8) is 0 Å². The summed E-state index contributed by atoms with van der Waals surface area (Å²) in [6.07, 6.45) is 1.60. The molecule has 1 saturated carbocycles. The summed E-state index contributed by atoms with van der Waals surface area (Å²) in [5.41, 5.74) is -0.789. The third-order valence-corrected chi connectivity index (χ3v) is 3.87. The van der Waals surface area contributed by atoms with E-state index in [-0.39, 0.29) is 12.5 Å². The fourth-order valence-corrected chi connectivity index (χ4v) is 2.60. The van der Waals surface area contributed by atoms with E-state index in [1.807, 2.05) is 13.8 Å². The molecule has 2 N–H and O–H groups in total. The molecule has 1 aliphatic rings. The molecule has 0 aromatic carbocycles. The Bertz CT molecular complexity index is 282. The SMILES string of the molecule is COCC1(C(=O)O)CCC(C(O)OCC(C)C)CC1. The van der Waals surface area contributed by atoms with E-state index in [1.165, 1.54) is 7.11 Å². The van der Waals surface area contributed by atoms with E-state index < -0.39 is 17.7 Å². The van der Waals surface area contributed by atoms with Crippen LogP contribution in [0.3, 0.4) is 0 Å². The van der Waals surface area contributed by atoms with Crippen molar-refractivity contribution in [3.8, 4) is 0 Å². The highest BCUT2D eigenvalue weighted by atomic mass is 16.6. The van der Waals surface area contributed by atoms with Gasteiger partial charge in [0, 0.05) is 13.0 Å². The second kappa shape index (κ2) is 7.22. The van der Waals surface area contributed by atoms with Gasteiger partial charge in [-0.15, -0.1) is 0 Å². The molecule has 0 heterocycles. The number of ether oxygens (including phenoxy) is 2. The van der Waals surface area contributed by atoms with Crippen LogP contribution in [0.1, 0.15) is 39.5 Å². The number of hydrogen-bond donors (Lipinski definition) is 2. The lowest BCUT2D eigenvalue weighted by molar-refractivity contribution is -0.169. The number of hydrogen-bond acceptors (Lipinski definition) is 4. The monoisotopic (exact) mass is 274 g/mol. The fourth-order valence-electron chi connectivity index (χ4n) is 2.60. The number of carbonyl (C=O) groups is 1. The summed E-state index contributed by atoms with van der Waals surface area (Å²) < 4.78 is 10.5. The number of aliphatic carboxylic acids is 1. The smallest absolute Gasteiger partial charge is 0.311 e. The summed E-state index contributed by atoms with van der Waals surface area (Å²) in [5.74, 6) is -0.390. The zero-order valence-electron chi connectivity index (χ0n) is 12.1. The van der Waals surface area contributed by atoms with E-state index in [4.69, 9.17) is 9.47 Å². The van der Waals surface area contributed by atoms with Crippen molar-refractivity contribution in [3.05, 3.63) is 0 Å². The molecule has 5 heteroatoms. The Labute approximate surface area is 114 Å². The van der Waals surface area contributed by atoms with Gasteiger partial charge in [0.05, 0.1) is 18.6 Å². The van der Waals surface area contributed by atoms with Crippen molar-refractivity contribution in [2.75, 3.05) is 20.3 Å². The van der Waals surface area contributed by atoms with Crippen LogP contribution in [0.2, 0.25) is 0 Å². The van der Waals surface area contributed by atoms with Crippen molar-refractivity contribution in [1.82, 2.24) is 0 Å². The molecule has 0 aliphatic heterocycles. The van der Waals surface area contributed by atoms with Crippen LogP contribution >= 0.6 is 0 Å². The molecule has 19 heavy (non-hydrogen) atoms. The lowest BCUT2D eigenvalue weighted by Crippen LogP contribution is -2.41. The third kappa shape index (κ3) is 4.44. The van der Waals surface area contributed by atoms with E-state index in [2.05, 4.69) is 0 Å². The molecule has 5 nitrogen and oxygen atoms in total. The first-order valence-electron chi connectivity index (χ1n) is 6.93. The number of rotatable bonds is 7.